The van der Waals surface area contributed by atoms with E-state index >= 15 is 0 Å². The molecule has 0 atom stereocenters. The molecule has 0 saturated carbocycles. The maximum atomic E-state index is 9.67. The second-order valence-corrected chi connectivity index (χ2v) is 7.64. The lowest BCUT2D eigenvalue weighted by atomic mass is 10.0. The number of hydrogen-bond acceptors (Lipinski definition) is 3. The van der Waals surface area contributed by atoms with Gasteiger partial charge in [0.1, 0.15) is 5.75 Å². The molecule has 0 aliphatic carbocycles. The fraction of sp³-hybridized carbons (Fsp3) is 0. The minimum atomic E-state index is 0.242. The third-order valence-electron chi connectivity index (χ3n) is 5.34. The Hall–Kier alpha value is -4.38. The molecule has 31 heavy (non-hydrogen) atoms. The van der Waals surface area contributed by atoms with E-state index in [1.807, 2.05) is 54.6 Å². The van der Waals surface area contributed by atoms with Crippen LogP contribution >= 0.6 is 0 Å². The average molecular weight is 402 g/mol. The standard InChI is InChI=1S/C26H18N4O/c31-24-9-1-16(2-10-24)25-14-23-13-21-6-5-19(28-21)11-17-3-4-18(27-17)12-20-7-8-22(29-20)15-26(25)30-23/h1-15,27-28,31H. The number of aromatic amines is 2. The van der Waals surface area contributed by atoms with Crippen molar-refractivity contribution in [1.29, 1.82) is 0 Å². The van der Waals surface area contributed by atoms with E-state index in [1.165, 1.54) is 0 Å². The van der Waals surface area contributed by atoms with Gasteiger partial charge in [-0.3, -0.25) is 0 Å². The molecule has 0 unspecified atom stereocenters. The number of phenolic OH excluding ortho intramolecular Hbond substituents is 1. The van der Waals surface area contributed by atoms with Crippen LogP contribution in [0.5, 0.6) is 5.75 Å². The van der Waals surface area contributed by atoms with Gasteiger partial charge in [-0.05, 0) is 84.5 Å². The zero-order chi connectivity index (χ0) is 20.8. The number of aromatic hydroxyl groups is 1. The monoisotopic (exact) mass is 402 g/mol. The summed E-state index contributed by atoms with van der Waals surface area (Å²) in [4.78, 5) is 16.4. The van der Waals surface area contributed by atoms with Gasteiger partial charge in [0.2, 0.25) is 0 Å². The van der Waals surface area contributed by atoms with Crippen LogP contribution in [0.25, 0.3) is 45.9 Å². The van der Waals surface area contributed by atoms with Gasteiger partial charge < -0.3 is 15.1 Å². The fourth-order valence-corrected chi connectivity index (χ4v) is 3.89. The van der Waals surface area contributed by atoms with Crippen LogP contribution in [0.15, 0.2) is 72.8 Å². The quantitative estimate of drug-likeness (QED) is 0.326. The highest BCUT2D eigenvalue weighted by atomic mass is 16.3. The van der Waals surface area contributed by atoms with Crippen LogP contribution in [-0.4, -0.2) is 25.0 Å². The normalized spacial score (nSPS) is 12.7. The molecule has 0 saturated heterocycles. The lowest BCUT2D eigenvalue weighted by molar-refractivity contribution is 0.475. The lowest BCUT2D eigenvalue weighted by Crippen LogP contribution is -1.86. The van der Waals surface area contributed by atoms with Crippen LogP contribution in [0.3, 0.4) is 0 Å². The Morgan fingerprint density at radius 2 is 1.16 bits per heavy atom. The average Bonchev–Trinajstić information content (AvgIpc) is 3.54. The van der Waals surface area contributed by atoms with Gasteiger partial charge in [-0.15, -0.1) is 0 Å². The second-order valence-electron chi connectivity index (χ2n) is 7.64. The van der Waals surface area contributed by atoms with Crippen molar-refractivity contribution in [3.63, 3.8) is 0 Å². The predicted octanol–water partition coefficient (Wildman–Crippen LogP) is 5.78. The summed E-state index contributed by atoms with van der Waals surface area (Å²) in [7, 11) is 0. The molecule has 0 radical (unpaired) electrons. The fourth-order valence-electron chi connectivity index (χ4n) is 3.89. The minimum Gasteiger partial charge on any atom is -0.508 e. The molecule has 3 aromatic heterocycles. The van der Waals surface area contributed by atoms with Gasteiger partial charge in [-0.2, -0.15) is 0 Å². The van der Waals surface area contributed by atoms with Crippen LogP contribution in [-0.2, 0) is 0 Å². The minimum absolute atomic E-state index is 0.242. The van der Waals surface area contributed by atoms with Crippen LogP contribution in [0.1, 0.15) is 28.3 Å². The first-order valence-corrected chi connectivity index (χ1v) is 10.1. The Labute approximate surface area is 178 Å². The van der Waals surface area contributed by atoms with E-state index in [4.69, 9.17) is 9.97 Å². The summed E-state index contributed by atoms with van der Waals surface area (Å²) >= 11 is 0. The van der Waals surface area contributed by atoms with Crippen LogP contribution in [0, 0.1) is 0 Å². The Balaban J connectivity index is 1.63. The smallest absolute Gasteiger partial charge is 0.115 e. The Bertz CT molecular complexity index is 1540. The Morgan fingerprint density at radius 3 is 1.84 bits per heavy atom. The summed E-state index contributed by atoms with van der Waals surface area (Å²) in [5, 5.41) is 9.67. The number of hydrogen-bond donors (Lipinski definition) is 3. The lowest BCUT2D eigenvalue weighted by Gasteiger charge is -2.02. The van der Waals surface area contributed by atoms with Crippen LogP contribution in [0.4, 0.5) is 0 Å². The van der Waals surface area contributed by atoms with Crippen molar-refractivity contribution in [1.82, 2.24) is 19.9 Å². The molecule has 6 rings (SSSR count). The zero-order valence-electron chi connectivity index (χ0n) is 16.5. The molecule has 3 N–H and O–H groups in total. The first-order chi connectivity index (χ1) is 15.2. The molecule has 1 aromatic carbocycles. The third-order valence-corrected chi connectivity index (χ3v) is 5.34. The number of benzene rings is 1. The molecule has 0 spiro atoms. The van der Waals surface area contributed by atoms with Gasteiger partial charge in [0, 0.05) is 27.6 Å². The first kappa shape index (κ1) is 17.5. The molecule has 2 aliphatic heterocycles. The maximum absolute atomic E-state index is 9.67. The molecule has 5 nitrogen and oxygen atoms in total. The van der Waals surface area contributed by atoms with E-state index < -0.39 is 0 Å². The molecule has 0 fully saturated rings. The summed E-state index contributed by atoms with van der Waals surface area (Å²) < 4.78 is 0. The van der Waals surface area contributed by atoms with E-state index in [0.29, 0.717) is 0 Å². The Morgan fingerprint density at radius 1 is 0.581 bits per heavy atom. The molecular formula is C26H18N4O. The van der Waals surface area contributed by atoms with Crippen LogP contribution in [0.2, 0.25) is 0 Å². The first-order valence-electron chi connectivity index (χ1n) is 10.1. The van der Waals surface area contributed by atoms with Crippen molar-refractivity contribution in [2.45, 2.75) is 0 Å². The zero-order valence-corrected chi connectivity index (χ0v) is 16.5. The number of aromatic nitrogens is 4. The van der Waals surface area contributed by atoms with E-state index in [2.05, 4.69) is 34.2 Å². The molecule has 5 heterocycles. The highest BCUT2D eigenvalue weighted by molar-refractivity contribution is 5.93. The number of nitrogens with zero attached hydrogens (tertiary/aromatic N) is 2. The van der Waals surface area contributed by atoms with Gasteiger partial charge >= 0.3 is 0 Å². The summed E-state index contributed by atoms with van der Waals surface area (Å²) in [5.74, 6) is 0.242. The van der Waals surface area contributed by atoms with Crippen molar-refractivity contribution in [3.05, 3.63) is 101 Å². The second kappa shape index (κ2) is 6.85. The number of nitrogens with one attached hydrogen (secondary N) is 2. The molecule has 2 aliphatic rings. The van der Waals surface area contributed by atoms with Crippen molar-refractivity contribution in [2.24, 2.45) is 0 Å². The third kappa shape index (κ3) is 3.42. The maximum Gasteiger partial charge on any atom is 0.115 e. The van der Waals surface area contributed by atoms with Crippen LogP contribution < -0.4 is 0 Å². The van der Waals surface area contributed by atoms with Gasteiger partial charge in [-0.1, -0.05) is 12.1 Å². The number of rotatable bonds is 1. The molecule has 148 valence electrons. The highest BCUT2D eigenvalue weighted by Crippen LogP contribution is 2.30. The summed E-state index contributed by atoms with van der Waals surface area (Å²) in [6, 6.07) is 23.5. The highest BCUT2D eigenvalue weighted by Gasteiger charge is 2.13. The largest absolute Gasteiger partial charge is 0.508 e. The van der Waals surface area contributed by atoms with Crippen molar-refractivity contribution in [2.75, 3.05) is 0 Å². The Kier molecular flexibility index (Phi) is 3.86. The van der Waals surface area contributed by atoms with Gasteiger partial charge in [-0.25, -0.2) is 9.97 Å². The molecule has 5 heteroatoms. The number of H-pyrrole nitrogens is 2. The van der Waals surface area contributed by atoms with E-state index in [9.17, 15) is 5.11 Å². The summed E-state index contributed by atoms with van der Waals surface area (Å²) in [6.45, 7) is 0. The summed E-state index contributed by atoms with van der Waals surface area (Å²) in [6.07, 6.45) is 6.06. The van der Waals surface area contributed by atoms with E-state index in [0.717, 1.165) is 56.0 Å². The molecular weight excluding hydrogens is 384 g/mol. The molecule has 4 aromatic rings. The van der Waals surface area contributed by atoms with Crippen molar-refractivity contribution in [3.8, 4) is 5.75 Å². The summed E-state index contributed by atoms with van der Waals surface area (Å²) in [5.41, 5.74) is 9.44. The van der Waals surface area contributed by atoms with Gasteiger partial charge in [0.05, 0.1) is 22.8 Å². The SMILES string of the molecule is Oc1ccc(C2=Cc3cc4ccc(cc5ccc(cc6nc(cc2n3)C=C6)[nH]5)[nH]4)cc1. The van der Waals surface area contributed by atoms with Crippen molar-refractivity contribution >= 4 is 45.9 Å². The molecule has 8 bridgehead atoms. The van der Waals surface area contributed by atoms with Gasteiger partial charge in [0.25, 0.3) is 0 Å². The van der Waals surface area contributed by atoms with Gasteiger partial charge in [0.15, 0.2) is 0 Å². The number of fused-ring (bicyclic) bond motifs is 8. The van der Waals surface area contributed by atoms with Crippen molar-refractivity contribution < 1.29 is 5.11 Å². The topological polar surface area (TPSA) is 77.6 Å². The predicted molar refractivity (Wildman–Crippen MR) is 125 cm³/mol. The van der Waals surface area contributed by atoms with E-state index in [1.54, 1.807) is 12.1 Å². The molecule has 0 amide bonds. The van der Waals surface area contributed by atoms with E-state index in [-0.39, 0.29) is 5.75 Å². The number of phenols is 1.